The summed E-state index contributed by atoms with van der Waals surface area (Å²) in [4.78, 5) is 9.62. The minimum Gasteiger partial charge on any atom is -0.497 e. The molecule has 0 spiro atoms. The molecular formula is C26H40IN5O. The number of likely N-dealkylation sites (tertiary alicyclic amines) is 1. The van der Waals surface area contributed by atoms with Crippen molar-refractivity contribution in [3.8, 4) is 5.75 Å². The third-order valence-electron chi connectivity index (χ3n) is 5.78. The Kier molecular flexibility index (Phi) is 12.0. The van der Waals surface area contributed by atoms with Gasteiger partial charge in [-0.25, -0.2) is 4.99 Å². The molecule has 2 aromatic rings. The molecule has 1 aliphatic rings. The van der Waals surface area contributed by atoms with Crippen LogP contribution in [0.2, 0.25) is 0 Å². The van der Waals surface area contributed by atoms with E-state index in [0.717, 1.165) is 44.4 Å². The van der Waals surface area contributed by atoms with Gasteiger partial charge in [-0.2, -0.15) is 0 Å². The van der Waals surface area contributed by atoms with E-state index in [1.54, 1.807) is 7.11 Å². The van der Waals surface area contributed by atoms with Crippen molar-refractivity contribution in [2.75, 3.05) is 47.4 Å². The summed E-state index contributed by atoms with van der Waals surface area (Å²) in [5.41, 5.74) is 3.82. The fraction of sp³-hybridized carbons (Fsp3) is 0.500. The molecule has 0 bridgehead atoms. The van der Waals surface area contributed by atoms with Gasteiger partial charge in [0.05, 0.1) is 19.7 Å². The summed E-state index contributed by atoms with van der Waals surface area (Å²) in [6.45, 7) is 7.61. The lowest BCUT2D eigenvalue weighted by molar-refractivity contribution is 0.245. The van der Waals surface area contributed by atoms with Crippen molar-refractivity contribution in [3.63, 3.8) is 0 Å². The van der Waals surface area contributed by atoms with E-state index in [4.69, 9.17) is 9.73 Å². The molecule has 0 aliphatic carbocycles. The van der Waals surface area contributed by atoms with E-state index in [0.29, 0.717) is 12.6 Å². The topological polar surface area (TPSA) is 52.1 Å². The molecular weight excluding hydrogens is 525 g/mol. The molecule has 1 atom stereocenters. The van der Waals surface area contributed by atoms with E-state index in [1.165, 1.54) is 29.5 Å². The summed E-state index contributed by atoms with van der Waals surface area (Å²) in [6, 6.07) is 17.4. The summed E-state index contributed by atoms with van der Waals surface area (Å²) in [5.74, 6) is 1.77. The van der Waals surface area contributed by atoms with Crippen molar-refractivity contribution in [3.05, 3.63) is 65.2 Å². The molecule has 1 aliphatic heterocycles. The van der Waals surface area contributed by atoms with Gasteiger partial charge in [0.2, 0.25) is 0 Å². The van der Waals surface area contributed by atoms with Gasteiger partial charge >= 0.3 is 0 Å². The van der Waals surface area contributed by atoms with Crippen molar-refractivity contribution >= 4 is 29.9 Å². The number of guanidine groups is 1. The van der Waals surface area contributed by atoms with Crippen molar-refractivity contribution < 1.29 is 4.74 Å². The van der Waals surface area contributed by atoms with Gasteiger partial charge in [0, 0.05) is 19.6 Å². The second kappa shape index (κ2) is 14.4. The highest BCUT2D eigenvalue weighted by Gasteiger charge is 2.24. The average Bonchev–Trinajstić information content (AvgIpc) is 3.32. The Morgan fingerprint density at radius 2 is 1.79 bits per heavy atom. The van der Waals surface area contributed by atoms with Gasteiger partial charge in [0.15, 0.2) is 5.96 Å². The monoisotopic (exact) mass is 565 g/mol. The zero-order chi connectivity index (χ0) is 22.8. The smallest absolute Gasteiger partial charge is 0.191 e. The van der Waals surface area contributed by atoms with Crippen LogP contribution in [0.1, 0.15) is 42.5 Å². The normalized spacial score (nSPS) is 15.2. The first-order valence-electron chi connectivity index (χ1n) is 11.7. The number of hydrogen-bond acceptors (Lipinski definition) is 4. The number of methoxy groups -OCH3 is 1. The van der Waals surface area contributed by atoms with Gasteiger partial charge in [-0.3, -0.25) is 4.90 Å². The highest BCUT2D eigenvalue weighted by molar-refractivity contribution is 14.0. The van der Waals surface area contributed by atoms with Crippen LogP contribution in [0.5, 0.6) is 5.75 Å². The number of ether oxygens (including phenoxy) is 1. The zero-order valence-electron chi connectivity index (χ0n) is 20.5. The summed E-state index contributed by atoms with van der Waals surface area (Å²) in [5, 5.41) is 7.01. The Morgan fingerprint density at radius 1 is 1.06 bits per heavy atom. The molecule has 1 heterocycles. The van der Waals surface area contributed by atoms with Gasteiger partial charge in [-0.15, -0.1) is 24.0 Å². The summed E-state index contributed by atoms with van der Waals surface area (Å²) < 4.78 is 5.47. The average molecular weight is 566 g/mol. The van der Waals surface area contributed by atoms with Crippen LogP contribution in [0.25, 0.3) is 0 Å². The van der Waals surface area contributed by atoms with Gasteiger partial charge in [-0.1, -0.05) is 36.4 Å². The lowest BCUT2D eigenvalue weighted by atomic mass is 10.1. The Bertz CT molecular complexity index is 867. The van der Waals surface area contributed by atoms with Crippen molar-refractivity contribution in [2.45, 2.75) is 38.9 Å². The third-order valence-corrected chi connectivity index (χ3v) is 5.78. The van der Waals surface area contributed by atoms with Crippen molar-refractivity contribution in [1.29, 1.82) is 0 Å². The Hall–Kier alpha value is -1.84. The highest BCUT2D eigenvalue weighted by Crippen LogP contribution is 2.27. The van der Waals surface area contributed by atoms with Crippen LogP contribution in [-0.2, 0) is 13.1 Å². The first-order valence-corrected chi connectivity index (χ1v) is 11.7. The molecule has 0 amide bonds. The molecule has 2 N–H and O–H groups in total. The lowest BCUT2D eigenvalue weighted by Gasteiger charge is -2.29. The first kappa shape index (κ1) is 27.4. The number of nitrogens with one attached hydrogen (secondary N) is 2. The molecule has 33 heavy (non-hydrogen) atoms. The number of benzene rings is 2. The fourth-order valence-electron chi connectivity index (χ4n) is 4.26. The second-order valence-electron chi connectivity index (χ2n) is 8.67. The maximum Gasteiger partial charge on any atom is 0.191 e. The largest absolute Gasteiger partial charge is 0.497 e. The first-order chi connectivity index (χ1) is 15.6. The Labute approximate surface area is 216 Å². The Morgan fingerprint density at radius 3 is 2.48 bits per heavy atom. The Balaban J connectivity index is 0.00000385. The lowest BCUT2D eigenvalue weighted by Crippen LogP contribution is -2.42. The fourth-order valence-corrected chi connectivity index (χ4v) is 4.26. The molecule has 182 valence electrons. The number of rotatable bonds is 10. The van der Waals surface area contributed by atoms with Crippen LogP contribution in [0.3, 0.4) is 0 Å². The van der Waals surface area contributed by atoms with E-state index >= 15 is 0 Å². The molecule has 0 radical (unpaired) electrons. The van der Waals surface area contributed by atoms with Crippen LogP contribution in [0.4, 0.5) is 0 Å². The van der Waals surface area contributed by atoms with Crippen LogP contribution in [-0.4, -0.2) is 63.1 Å². The van der Waals surface area contributed by atoms with E-state index < -0.39 is 0 Å². The van der Waals surface area contributed by atoms with Crippen LogP contribution in [0.15, 0.2) is 53.5 Å². The molecule has 1 unspecified atom stereocenters. The minimum atomic E-state index is 0. The molecule has 3 rings (SSSR count). The van der Waals surface area contributed by atoms with Crippen LogP contribution in [0, 0.1) is 0 Å². The maximum atomic E-state index is 5.47. The summed E-state index contributed by atoms with van der Waals surface area (Å²) >= 11 is 0. The molecule has 6 nitrogen and oxygen atoms in total. The van der Waals surface area contributed by atoms with Gasteiger partial charge in [0.25, 0.3) is 0 Å². The number of halogens is 1. The molecule has 7 heteroatoms. The van der Waals surface area contributed by atoms with Gasteiger partial charge in [0.1, 0.15) is 5.75 Å². The predicted octanol–water partition coefficient (Wildman–Crippen LogP) is 4.27. The summed E-state index contributed by atoms with van der Waals surface area (Å²) in [6.07, 6.45) is 2.52. The molecule has 0 aromatic heterocycles. The van der Waals surface area contributed by atoms with Crippen LogP contribution < -0.4 is 15.4 Å². The minimum absolute atomic E-state index is 0. The quantitative estimate of drug-likeness (QED) is 0.256. The van der Waals surface area contributed by atoms with Crippen LogP contribution >= 0.6 is 24.0 Å². The van der Waals surface area contributed by atoms with Crippen molar-refractivity contribution in [2.24, 2.45) is 4.99 Å². The van der Waals surface area contributed by atoms with Gasteiger partial charge in [-0.05, 0) is 75.8 Å². The SMILES string of the molecule is CCNC(=NCc1cccc(CN(C)C)c1)NCC(c1cccc(OC)c1)N1CCCC1.I. The highest BCUT2D eigenvalue weighted by atomic mass is 127. The number of hydrogen-bond donors (Lipinski definition) is 2. The van der Waals surface area contributed by atoms with E-state index in [9.17, 15) is 0 Å². The molecule has 1 saturated heterocycles. The summed E-state index contributed by atoms with van der Waals surface area (Å²) in [7, 11) is 5.92. The maximum absolute atomic E-state index is 5.47. The second-order valence-corrected chi connectivity index (χ2v) is 8.67. The molecule has 0 saturated carbocycles. The molecule has 2 aromatic carbocycles. The van der Waals surface area contributed by atoms with Gasteiger partial charge < -0.3 is 20.3 Å². The molecule has 1 fully saturated rings. The third kappa shape index (κ3) is 8.79. The standard InChI is InChI=1S/C26H39N5O.HI/c1-5-27-26(28-18-21-10-8-11-22(16-21)20-30(2)3)29-19-25(31-14-6-7-15-31)23-12-9-13-24(17-23)32-4;/h8-13,16-17,25H,5-7,14-15,18-20H2,1-4H3,(H2,27,28,29);1H. The number of aliphatic imine (C=N–C) groups is 1. The van der Waals surface area contributed by atoms with E-state index in [1.807, 2.05) is 6.07 Å². The van der Waals surface area contributed by atoms with E-state index in [-0.39, 0.29) is 24.0 Å². The predicted molar refractivity (Wildman–Crippen MR) is 149 cm³/mol. The zero-order valence-corrected chi connectivity index (χ0v) is 22.8. The number of nitrogens with zero attached hydrogens (tertiary/aromatic N) is 3. The van der Waals surface area contributed by atoms with E-state index in [2.05, 4.69) is 83.9 Å². The van der Waals surface area contributed by atoms with Crippen molar-refractivity contribution in [1.82, 2.24) is 20.4 Å².